The molecule has 0 saturated carbocycles. The van der Waals surface area contributed by atoms with Crippen LogP contribution in [-0.2, 0) is 16.4 Å². The number of nitrogens with one attached hydrogen (secondary N) is 1. The zero-order valence-electron chi connectivity index (χ0n) is 11.7. The maximum atomic E-state index is 11.2. The summed E-state index contributed by atoms with van der Waals surface area (Å²) in [7, 11) is -3.67. The predicted molar refractivity (Wildman–Crippen MR) is 82.5 cm³/mol. The van der Waals surface area contributed by atoms with Gasteiger partial charge in [-0.25, -0.2) is 13.6 Å². The van der Waals surface area contributed by atoms with E-state index in [1.165, 1.54) is 12.1 Å². The van der Waals surface area contributed by atoms with Crippen molar-refractivity contribution in [1.82, 2.24) is 0 Å². The summed E-state index contributed by atoms with van der Waals surface area (Å²) in [5, 5.41) is 17.8. The van der Waals surface area contributed by atoms with Crippen LogP contribution in [-0.4, -0.2) is 26.2 Å². The number of benzene rings is 2. The number of phenolic OH excluding ortho intramolecular Hbond substituents is 1. The first-order valence-corrected chi connectivity index (χ1v) is 8.32. The van der Waals surface area contributed by atoms with Crippen molar-refractivity contribution < 1.29 is 18.3 Å². The van der Waals surface area contributed by atoms with E-state index in [1.54, 1.807) is 30.3 Å². The van der Waals surface area contributed by atoms with Crippen LogP contribution in [0.1, 0.15) is 5.56 Å². The Labute approximate surface area is 128 Å². The van der Waals surface area contributed by atoms with Gasteiger partial charge in [0.05, 0.1) is 17.1 Å². The van der Waals surface area contributed by atoms with Crippen LogP contribution >= 0.6 is 0 Å². The van der Waals surface area contributed by atoms with E-state index in [1.807, 2.05) is 0 Å². The van der Waals surface area contributed by atoms with Crippen LogP contribution in [0.4, 0.5) is 5.69 Å². The summed E-state index contributed by atoms with van der Waals surface area (Å²) in [6.07, 6.45) is 0.516. The average molecular weight is 320 g/mol. The Bertz CT molecular complexity index is 788. The molecular weight excluding hydrogens is 304 g/mol. The van der Waals surface area contributed by atoms with Gasteiger partial charge in [-0.1, -0.05) is 12.1 Å². The van der Waals surface area contributed by atoms with Gasteiger partial charge >= 0.3 is 0 Å². The SMILES string of the molecule is NS(=O)(=O)c1ccc(CC2CNc3ccc(O)cc3O2)cc1. The number of primary sulfonamides is 1. The fraction of sp³-hybridized carbons (Fsp3) is 0.200. The van der Waals surface area contributed by atoms with E-state index in [0.717, 1.165) is 11.3 Å². The van der Waals surface area contributed by atoms with Gasteiger partial charge < -0.3 is 15.2 Å². The third-order valence-corrected chi connectivity index (χ3v) is 4.42. The number of phenols is 1. The van der Waals surface area contributed by atoms with E-state index in [4.69, 9.17) is 9.88 Å². The van der Waals surface area contributed by atoms with E-state index in [0.29, 0.717) is 18.7 Å². The number of nitrogens with two attached hydrogens (primary N) is 1. The Morgan fingerprint density at radius 1 is 1.23 bits per heavy atom. The van der Waals surface area contributed by atoms with Crippen LogP contribution < -0.4 is 15.2 Å². The summed E-state index contributed by atoms with van der Waals surface area (Å²) in [6, 6.07) is 11.4. The van der Waals surface area contributed by atoms with Crippen molar-refractivity contribution in [3.05, 3.63) is 48.0 Å². The van der Waals surface area contributed by atoms with E-state index in [2.05, 4.69) is 5.32 Å². The summed E-state index contributed by atoms with van der Waals surface area (Å²) in [6.45, 7) is 0.634. The molecule has 22 heavy (non-hydrogen) atoms. The number of rotatable bonds is 3. The highest BCUT2D eigenvalue weighted by Crippen LogP contribution is 2.32. The molecule has 1 heterocycles. The van der Waals surface area contributed by atoms with Crippen molar-refractivity contribution in [2.45, 2.75) is 17.4 Å². The molecule has 116 valence electrons. The van der Waals surface area contributed by atoms with Crippen LogP contribution in [0, 0.1) is 0 Å². The van der Waals surface area contributed by atoms with Gasteiger partial charge in [0.25, 0.3) is 0 Å². The van der Waals surface area contributed by atoms with Crippen LogP contribution in [0.15, 0.2) is 47.4 Å². The first-order chi connectivity index (χ1) is 10.4. The molecule has 7 heteroatoms. The number of hydrogen-bond donors (Lipinski definition) is 3. The van der Waals surface area contributed by atoms with E-state index in [9.17, 15) is 13.5 Å². The van der Waals surface area contributed by atoms with Crippen LogP contribution in [0.3, 0.4) is 0 Å². The highest BCUT2D eigenvalue weighted by Gasteiger charge is 2.20. The second-order valence-corrected chi connectivity index (χ2v) is 6.76. The van der Waals surface area contributed by atoms with Crippen molar-refractivity contribution in [3.8, 4) is 11.5 Å². The first kappa shape index (κ1) is 14.7. The fourth-order valence-electron chi connectivity index (χ4n) is 2.39. The summed E-state index contributed by atoms with van der Waals surface area (Å²) >= 11 is 0. The van der Waals surface area contributed by atoms with Crippen molar-refractivity contribution in [2.24, 2.45) is 5.14 Å². The van der Waals surface area contributed by atoms with Crippen LogP contribution in [0.5, 0.6) is 11.5 Å². The third-order valence-electron chi connectivity index (χ3n) is 3.49. The lowest BCUT2D eigenvalue weighted by Gasteiger charge is -2.27. The molecule has 2 aromatic carbocycles. The average Bonchev–Trinajstić information content (AvgIpc) is 2.46. The summed E-state index contributed by atoms with van der Waals surface area (Å²) in [5.41, 5.74) is 1.79. The topological polar surface area (TPSA) is 102 Å². The second kappa shape index (κ2) is 5.51. The third kappa shape index (κ3) is 3.15. The van der Waals surface area contributed by atoms with Crippen molar-refractivity contribution >= 4 is 15.7 Å². The van der Waals surface area contributed by atoms with Gasteiger partial charge in [0, 0.05) is 12.5 Å². The number of anilines is 1. The standard InChI is InChI=1S/C15H16N2O4S/c16-22(19,20)13-4-1-10(2-5-13)7-12-9-17-14-6-3-11(18)8-15(14)21-12/h1-6,8,12,17-18H,7,9H2,(H2,16,19,20). The minimum absolute atomic E-state index is 0.0919. The van der Waals surface area contributed by atoms with E-state index in [-0.39, 0.29) is 16.7 Å². The Balaban J connectivity index is 1.72. The smallest absolute Gasteiger partial charge is 0.238 e. The largest absolute Gasteiger partial charge is 0.508 e. The molecule has 0 fully saturated rings. The molecule has 2 aromatic rings. The van der Waals surface area contributed by atoms with Crippen molar-refractivity contribution in [1.29, 1.82) is 0 Å². The van der Waals surface area contributed by atoms with Gasteiger partial charge in [0.1, 0.15) is 17.6 Å². The fourth-order valence-corrected chi connectivity index (χ4v) is 2.91. The van der Waals surface area contributed by atoms with Gasteiger partial charge in [-0.2, -0.15) is 0 Å². The lowest BCUT2D eigenvalue weighted by atomic mass is 10.1. The monoisotopic (exact) mass is 320 g/mol. The Morgan fingerprint density at radius 3 is 2.64 bits per heavy atom. The molecule has 0 spiro atoms. The zero-order chi connectivity index (χ0) is 15.7. The molecule has 1 aliphatic rings. The molecule has 1 aliphatic heterocycles. The molecule has 3 rings (SSSR count). The van der Waals surface area contributed by atoms with Gasteiger partial charge in [0.15, 0.2) is 0 Å². The lowest BCUT2D eigenvalue weighted by Crippen LogP contribution is -2.32. The summed E-state index contributed by atoms with van der Waals surface area (Å²) < 4.78 is 28.3. The van der Waals surface area contributed by atoms with Gasteiger partial charge in [0.2, 0.25) is 10.0 Å². The zero-order valence-corrected chi connectivity index (χ0v) is 12.5. The number of ether oxygens (including phenoxy) is 1. The molecule has 1 unspecified atom stereocenters. The minimum atomic E-state index is -3.67. The lowest BCUT2D eigenvalue weighted by molar-refractivity contribution is 0.205. The van der Waals surface area contributed by atoms with E-state index < -0.39 is 10.0 Å². The predicted octanol–water partition coefficient (Wildman–Crippen LogP) is 1.46. The first-order valence-electron chi connectivity index (χ1n) is 6.77. The van der Waals surface area contributed by atoms with E-state index >= 15 is 0 Å². The van der Waals surface area contributed by atoms with Gasteiger partial charge in [-0.15, -0.1) is 0 Å². The molecule has 6 nitrogen and oxygen atoms in total. The maximum absolute atomic E-state index is 11.2. The van der Waals surface area contributed by atoms with Crippen molar-refractivity contribution in [2.75, 3.05) is 11.9 Å². The molecule has 0 radical (unpaired) electrons. The van der Waals surface area contributed by atoms with Gasteiger partial charge in [-0.3, -0.25) is 0 Å². The Hall–Kier alpha value is -2.25. The van der Waals surface area contributed by atoms with Crippen LogP contribution in [0.25, 0.3) is 0 Å². The number of hydrogen-bond acceptors (Lipinski definition) is 5. The van der Waals surface area contributed by atoms with Gasteiger partial charge in [-0.05, 0) is 29.8 Å². The highest BCUT2D eigenvalue weighted by molar-refractivity contribution is 7.89. The summed E-state index contributed by atoms with van der Waals surface area (Å²) in [4.78, 5) is 0.0919. The normalized spacial score (nSPS) is 17.2. The van der Waals surface area contributed by atoms with Crippen LogP contribution in [0.2, 0.25) is 0 Å². The maximum Gasteiger partial charge on any atom is 0.238 e. The quantitative estimate of drug-likeness (QED) is 0.743. The molecule has 0 amide bonds. The Morgan fingerprint density at radius 2 is 1.95 bits per heavy atom. The summed E-state index contributed by atoms with van der Waals surface area (Å²) in [5.74, 6) is 0.760. The molecular formula is C15H16N2O4S. The second-order valence-electron chi connectivity index (χ2n) is 5.19. The number of aromatic hydroxyl groups is 1. The Kier molecular flexibility index (Phi) is 3.67. The number of fused-ring (bicyclic) bond motifs is 1. The van der Waals surface area contributed by atoms with Crippen molar-refractivity contribution in [3.63, 3.8) is 0 Å². The molecule has 4 N–H and O–H groups in total. The molecule has 0 saturated heterocycles. The molecule has 1 atom stereocenters. The molecule has 0 aliphatic carbocycles. The molecule has 0 bridgehead atoms. The highest BCUT2D eigenvalue weighted by atomic mass is 32.2. The molecule has 0 aromatic heterocycles. The minimum Gasteiger partial charge on any atom is -0.508 e. The number of sulfonamides is 1.